The number of hydrogen-bond donors (Lipinski definition) is 0. The van der Waals surface area contributed by atoms with Gasteiger partial charge in [0.1, 0.15) is 0 Å². The van der Waals surface area contributed by atoms with Crippen molar-refractivity contribution in [2.45, 2.75) is 12.1 Å². The maximum Gasteiger partial charge on any atom is 0.461 e. The van der Waals surface area contributed by atoms with Crippen LogP contribution in [0.1, 0.15) is 0 Å². The summed E-state index contributed by atoms with van der Waals surface area (Å²) in [5.74, 6) is -6.85. The van der Waals surface area contributed by atoms with Crippen molar-refractivity contribution >= 4 is 0 Å². The molecule has 0 rings (SSSR count). The summed E-state index contributed by atoms with van der Waals surface area (Å²) in [5, 5.41) is 7.89. The lowest BCUT2D eigenvalue weighted by Crippen LogP contribution is -2.38. The van der Waals surface area contributed by atoms with Crippen molar-refractivity contribution < 1.29 is 26.7 Å². The van der Waals surface area contributed by atoms with Crippen LogP contribution in [0, 0.1) is 11.3 Å². The molecule has 0 amide bonds. The Morgan fingerprint density at radius 1 is 1.31 bits per heavy atom. The van der Waals surface area contributed by atoms with Crippen molar-refractivity contribution in [1.29, 1.82) is 5.26 Å². The maximum absolute atomic E-state index is 12.3. The monoisotopic (exact) mass is 201 g/mol. The zero-order valence-corrected chi connectivity index (χ0v) is 6.32. The van der Waals surface area contributed by atoms with Crippen LogP contribution in [0.3, 0.4) is 0 Å². The second kappa shape index (κ2) is 3.60. The Balaban J connectivity index is 5.04. The van der Waals surface area contributed by atoms with Crippen molar-refractivity contribution in [3.63, 3.8) is 0 Å². The van der Waals surface area contributed by atoms with Gasteiger partial charge in [-0.25, -0.2) is 0 Å². The lowest BCUT2D eigenvalue weighted by Gasteiger charge is -2.20. The summed E-state index contributed by atoms with van der Waals surface area (Å²) in [6, 6.07) is 1.03. The highest BCUT2D eigenvalue weighted by Gasteiger charge is 2.61. The van der Waals surface area contributed by atoms with Crippen LogP contribution in [0.15, 0.2) is 11.8 Å². The van der Waals surface area contributed by atoms with Gasteiger partial charge >= 0.3 is 12.1 Å². The Morgan fingerprint density at radius 3 is 2.00 bits per heavy atom. The van der Waals surface area contributed by atoms with E-state index >= 15 is 0 Å². The molecule has 0 aromatic heterocycles. The van der Waals surface area contributed by atoms with E-state index in [4.69, 9.17) is 5.26 Å². The standard InChI is InChI=1S/C6H4F5NO/c1-13-4(2-3-12)5(7,8)6(9,10)11/h2H,1H3/b4-2+. The van der Waals surface area contributed by atoms with E-state index in [0.29, 0.717) is 7.11 Å². The topological polar surface area (TPSA) is 33.0 Å². The second-order valence-electron chi connectivity index (χ2n) is 1.91. The molecule has 7 heteroatoms. The molecule has 0 unspecified atom stereocenters. The molecule has 0 aromatic rings. The maximum atomic E-state index is 12.3. The number of rotatable bonds is 2. The summed E-state index contributed by atoms with van der Waals surface area (Å²) < 4.78 is 63.2. The van der Waals surface area contributed by atoms with Crippen LogP contribution in [-0.4, -0.2) is 19.2 Å². The van der Waals surface area contributed by atoms with E-state index in [9.17, 15) is 22.0 Å². The first-order valence-electron chi connectivity index (χ1n) is 2.86. The molecule has 0 aliphatic rings. The average Bonchev–Trinajstić information content (AvgIpc) is 1.97. The first-order chi connectivity index (χ1) is 5.77. The van der Waals surface area contributed by atoms with E-state index in [1.54, 1.807) is 0 Å². The van der Waals surface area contributed by atoms with Gasteiger partial charge in [-0.1, -0.05) is 0 Å². The molecule has 2 nitrogen and oxygen atoms in total. The molecule has 0 fully saturated rings. The molecule has 0 saturated carbocycles. The molecule has 0 N–H and O–H groups in total. The number of nitrogens with zero attached hydrogens (tertiary/aromatic N) is 1. The number of ether oxygens (including phenoxy) is 1. The van der Waals surface area contributed by atoms with Gasteiger partial charge in [-0.3, -0.25) is 0 Å². The number of halogens is 5. The van der Waals surface area contributed by atoms with Gasteiger partial charge in [0.15, 0.2) is 5.76 Å². The summed E-state index contributed by atoms with van der Waals surface area (Å²) in [6.07, 6.45) is -5.75. The minimum atomic E-state index is -5.76. The predicted octanol–water partition coefficient (Wildman–Crippen LogP) is 2.24. The third-order valence-corrected chi connectivity index (χ3v) is 1.08. The van der Waals surface area contributed by atoms with Crippen LogP contribution in [0.5, 0.6) is 0 Å². The largest absolute Gasteiger partial charge is 0.494 e. The van der Waals surface area contributed by atoms with E-state index in [0.717, 1.165) is 6.07 Å². The fourth-order valence-corrected chi connectivity index (χ4v) is 0.476. The third kappa shape index (κ3) is 2.31. The van der Waals surface area contributed by atoms with Crippen molar-refractivity contribution in [2.75, 3.05) is 7.11 Å². The Labute approximate surface area is 70.2 Å². The first-order valence-corrected chi connectivity index (χ1v) is 2.86. The minimum Gasteiger partial charge on any atom is -0.494 e. The zero-order valence-electron chi connectivity index (χ0n) is 6.32. The highest BCUT2D eigenvalue weighted by molar-refractivity contribution is 5.16. The zero-order chi connectivity index (χ0) is 10.7. The van der Waals surface area contributed by atoms with Crippen LogP contribution in [0.25, 0.3) is 0 Å². The highest BCUT2D eigenvalue weighted by Crippen LogP contribution is 2.40. The Morgan fingerprint density at radius 2 is 1.77 bits per heavy atom. The molecule has 0 bridgehead atoms. The molecule has 0 heterocycles. The summed E-state index contributed by atoms with van der Waals surface area (Å²) in [7, 11) is 0.628. The highest BCUT2D eigenvalue weighted by atomic mass is 19.4. The first kappa shape index (κ1) is 11.7. The van der Waals surface area contributed by atoms with E-state index in [2.05, 4.69) is 4.74 Å². The van der Waals surface area contributed by atoms with Crippen molar-refractivity contribution in [3.8, 4) is 6.07 Å². The van der Waals surface area contributed by atoms with Gasteiger partial charge in [-0.2, -0.15) is 27.2 Å². The van der Waals surface area contributed by atoms with Gasteiger partial charge in [0.25, 0.3) is 0 Å². The normalized spacial score (nSPS) is 13.8. The molecule has 13 heavy (non-hydrogen) atoms. The fourth-order valence-electron chi connectivity index (χ4n) is 0.476. The molecule has 0 aromatic carbocycles. The van der Waals surface area contributed by atoms with Crippen LogP contribution >= 0.6 is 0 Å². The lowest BCUT2D eigenvalue weighted by atomic mass is 10.2. The third-order valence-electron chi connectivity index (χ3n) is 1.08. The van der Waals surface area contributed by atoms with Gasteiger partial charge in [0, 0.05) is 0 Å². The van der Waals surface area contributed by atoms with Crippen molar-refractivity contribution in [3.05, 3.63) is 11.8 Å². The summed E-state index contributed by atoms with van der Waals surface area (Å²) in [6.45, 7) is 0. The number of nitriles is 1. The van der Waals surface area contributed by atoms with Crippen LogP contribution in [0.2, 0.25) is 0 Å². The quantitative estimate of drug-likeness (QED) is 0.390. The smallest absolute Gasteiger partial charge is 0.461 e. The summed E-state index contributed by atoms with van der Waals surface area (Å²) >= 11 is 0. The molecule has 0 spiro atoms. The molecular formula is C6H4F5NO. The Bertz CT molecular complexity index is 249. The number of hydrogen-bond acceptors (Lipinski definition) is 2. The van der Waals surface area contributed by atoms with E-state index in [1.807, 2.05) is 0 Å². The Hall–Kier alpha value is -1.32. The summed E-state index contributed by atoms with van der Waals surface area (Å²) in [5.41, 5.74) is 0. The molecule has 0 radical (unpaired) electrons. The number of alkyl halides is 5. The van der Waals surface area contributed by atoms with Crippen LogP contribution < -0.4 is 0 Å². The Kier molecular flexibility index (Phi) is 3.23. The van der Waals surface area contributed by atoms with Gasteiger partial charge in [0.05, 0.1) is 19.3 Å². The summed E-state index contributed by atoms with van der Waals surface area (Å²) in [4.78, 5) is 0. The second-order valence-corrected chi connectivity index (χ2v) is 1.91. The molecule has 0 atom stereocenters. The predicted molar refractivity (Wildman–Crippen MR) is 31.7 cm³/mol. The molecule has 0 saturated heterocycles. The lowest BCUT2D eigenvalue weighted by molar-refractivity contribution is -0.275. The van der Waals surface area contributed by atoms with E-state index < -0.39 is 17.9 Å². The SMILES string of the molecule is CO/C(=C/C#N)C(F)(F)C(F)(F)F. The van der Waals surface area contributed by atoms with Gasteiger partial charge in [-0.05, 0) is 0 Å². The van der Waals surface area contributed by atoms with Crippen molar-refractivity contribution in [1.82, 2.24) is 0 Å². The molecule has 74 valence electrons. The van der Waals surface area contributed by atoms with Gasteiger partial charge in [0.2, 0.25) is 0 Å². The molecule has 0 aliphatic heterocycles. The van der Waals surface area contributed by atoms with Gasteiger partial charge in [-0.15, -0.1) is 0 Å². The van der Waals surface area contributed by atoms with Crippen molar-refractivity contribution in [2.24, 2.45) is 0 Å². The fraction of sp³-hybridized carbons (Fsp3) is 0.500. The van der Waals surface area contributed by atoms with Gasteiger partial charge < -0.3 is 4.74 Å². The minimum absolute atomic E-state index is 0.00743. The van der Waals surface area contributed by atoms with Crippen LogP contribution in [-0.2, 0) is 4.74 Å². The van der Waals surface area contributed by atoms with E-state index in [-0.39, 0.29) is 6.08 Å². The molecule has 0 aliphatic carbocycles. The molecular weight excluding hydrogens is 197 g/mol. The van der Waals surface area contributed by atoms with E-state index in [1.165, 1.54) is 0 Å². The van der Waals surface area contributed by atoms with Crippen LogP contribution in [0.4, 0.5) is 22.0 Å². The number of allylic oxidation sites excluding steroid dienone is 2. The number of methoxy groups -OCH3 is 1. The average molecular weight is 201 g/mol.